The number of nitrogens with zero attached hydrogens (tertiary/aromatic N) is 4. The fourth-order valence-corrected chi connectivity index (χ4v) is 4.81. The molecule has 0 bridgehead atoms. The van der Waals surface area contributed by atoms with Crippen molar-refractivity contribution in [3.63, 3.8) is 0 Å². The smallest absolute Gasteiger partial charge is 0.222 e. The van der Waals surface area contributed by atoms with E-state index in [1.807, 2.05) is 41.4 Å². The lowest BCUT2D eigenvalue weighted by Gasteiger charge is -2.36. The predicted molar refractivity (Wildman–Crippen MR) is 122 cm³/mol. The van der Waals surface area contributed by atoms with Crippen molar-refractivity contribution in [3.8, 4) is 0 Å². The summed E-state index contributed by atoms with van der Waals surface area (Å²) < 4.78 is 0. The Morgan fingerprint density at radius 1 is 1.03 bits per heavy atom. The van der Waals surface area contributed by atoms with Crippen LogP contribution in [0.15, 0.2) is 48.7 Å². The van der Waals surface area contributed by atoms with Crippen molar-refractivity contribution in [1.82, 2.24) is 14.8 Å². The van der Waals surface area contributed by atoms with Crippen molar-refractivity contribution in [2.75, 3.05) is 44.2 Å². The molecule has 6 heteroatoms. The summed E-state index contributed by atoms with van der Waals surface area (Å²) in [5, 5.41) is 0.847. The molecule has 2 aliphatic heterocycles. The van der Waals surface area contributed by atoms with Crippen molar-refractivity contribution in [3.05, 3.63) is 59.2 Å². The van der Waals surface area contributed by atoms with E-state index in [0.29, 0.717) is 18.2 Å². The molecule has 160 valence electrons. The maximum absolute atomic E-state index is 12.8. The SMILES string of the molecule is O=C(CC[C@@H]1CCCN(Cc2ccccc2Cl)C1)N1CCN(c2ccccn2)CC1. The molecular weight excluding hydrogens is 396 g/mol. The lowest BCUT2D eigenvalue weighted by molar-refractivity contribution is -0.131. The van der Waals surface area contributed by atoms with E-state index in [4.69, 9.17) is 11.6 Å². The average Bonchev–Trinajstić information content (AvgIpc) is 2.80. The van der Waals surface area contributed by atoms with Crippen molar-refractivity contribution in [2.45, 2.75) is 32.2 Å². The van der Waals surface area contributed by atoms with Crippen LogP contribution in [0.3, 0.4) is 0 Å². The number of carbonyl (C=O) groups is 1. The van der Waals surface area contributed by atoms with Gasteiger partial charge in [0.2, 0.25) is 5.91 Å². The maximum atomic E-state index is 12.8. The van der Waals surface area contributed by atoms with Crippen LogP contribution in [0.4, 0.5) is 5.82 Å². The minimum Gasteiger partial charge on any atom is -0.353 e. The first-order chi connectivity index (χ1) is 14.7. The van der Waals surface area contributed by atoms with Gasteiger partial charge in [-0.15, -0.1) is 0 Å². The van der Waals surface area contributed by atoms with E-state index in [9.17, 15) is 4.79 Å². The van der Waals surface area contributed by atoms with E-state index in [1.165, 1.54) is 18.4 Å². The summed E-state index contributed by atoms with van der Waals surface area (Å²) in [5.74, 6) is 1.91. The highest BCUT2D eigenvalue weighted by atomic mass is 35.5. The van der Waals surface area contributed by atoms with Crippen LogP contribution in [0.1, 0.15) is 31.2 Å². The average molecular weight is 427 g/mol. The monoisotopic (exact) mass is 426 g/mol. The molecular formula is C24H31ClN4O. The van der Waals surface area contributed by atoms with Crippen molar-refractivity contribution >= 4 is 23.3 Å². The second-order valence-corrected chi connectivity index (χ2v) is 8.84. The second-order valence-electron chi connectivity index (χ2n) is 8.43. The standard InChI is InChI=1S/C24H31ClN4O/c25-22-8-2-1-7-21(22)19-27-13-5-6-20(18-27)10-11-24(30)29-16-14-28(15-17-29)23-9-3-4-12-26-23/h1-4,7-9,12,20H,5-6,10-11,13-19H2/t20-/m0/s1. The molecule has 3 heterocycles. The zero-order valence-electron chi connectivity index (χ0n) is 17.5. The Hall–Kier alpha value is -2.11. The number of aromatic nitrogens is 1. The highest BCUT2D eigenvalue weighted by molar-refractivity contribution is 6.31. The largest absolute Gasteiger partial charge is 0.353 e. The lowest BCUT2D eigenvalue weighted by atomic mass is 9.92. The molecule has 2 aromatic rings. The van der Waals surface area contributed by atoms with Crippen molar-refractivity contribution in [2.24, 2.45) is 5.92 Å². The Bertz CT molecular complexity index is 823. The normalized spacial score (nSPS) is 20.4. The first kappa shape index (κ1) is 21.1. The second kappa shape index (κ2) is 10.3. The van der Waals surface area contributed by atoms with Gasteiger partial charge in [0.25, 0.3) is 0 Å². The number of hydrogen-bond acceptors (Lipinski definition) is 4. The molecule has 2 fully saturated rings. The summed E-state index contributed by atoms with van der Waals surface area (Å²) in [5.41, 5.74) is 1.20. The third-order valence-corrected chi connectivity index (χ3v) is 6.70. The number of piperidine rings is 1. The zero-order valence-corrected chi connectivity index (χ0v) is 18.3. The van der Waals surface area contributed by atoms with E-state index in [1.54, 1.807) is 0 Å². The Kier molecular flexibility index (Phi) is 7.24. The van der Waals surface area contributed by atoms with E-state index < -0.39 is 0 Å². The minimum atomic E-state index is 0.305. The Labute approximate surface area is 184 Å². The Morgan fingerprint density at radius 2 is 1.83 bits per heavy atom. The highest BCUT2D eigenvalue weighted by Gasteiger charge is 2.25. The molecule has 0 unspecified atom stereocenters. The molecule has 0 saturated carbocycles. The molecule has 1 aromatic carbocycles. The molecule has 0 N–H and O–H groups in total. The fourth-order valence-electron chi connectivity index (χ4n) is 4.61. The third-order valence-electron chi connectivity index (χ3n) is 6.33. The van der Waals surface area contributed by atoms with E-state index >= 15 is 0 Å². The molecule has 1 aromatic heterocycles. The first-order valence-electron chi connectivity index (χ1n) is 11.1. The fraction of sp³-hybridized carbons (Fsp3) is 0.500. The maximum Gasteiger partial charge on any atom is 0.222 e. The molecule has 2 saturated heterocycles. The summed E-state index contributed by atoms with van der Waals surface area (Å²) in [6.07, 6.45) is 5.89. The van der Waals surface area contributed by atoms with Crippen LogP contribution in [0.2, 0.25) is 5.02 Å². The number of benzene rings is 1. The number of rotatable bonds is 6. The Morgan fingerprint density at radius 3 is 2.60 bits per heavy atom. The molecule has 1 atom stereocenters. The number of hydrogen-bond donors (Lipinski definition) is 0. The van der Waals surface area contributed by atoms with Gasteiger partial charge in [0.05, 0.1) is 0 Å². The van der Waals surface area contributed by atoms with Gasteiger partial charge in [-0.3, -0.25) is 9.69 Å². The molecule has 0 aliphatic carbocycles. The van der Waals surface area contributed by atoms with Gasteiger partial charge in [-0.2, -0.15) is 0 Å². The molecule has 2 aliphatic rings. The molecule has 1 amide bonds. The van der Waals surface area contributed by atoms with Crippen LogP contribution in [0.5, 0.6) is 0 Å². The number of likely N-dealkylation sites (tertiary alicyclic amines) is 1. The van der Waals surface area contributed by atoms with Crippen molar-refractivity contribution in [1.29, 1.82) is 0 Å². The quantitative estimate of drug-likeness (QED) is 0.697. The summed E-state index contributed by atoms with van der Waals surface area (Å²) in [6, 6.07) is 14.1. The van der Waals surface area contributed by atoms with Crippen LogP contribution >= 0.6 is 11.6 Å². The van der Waals surface area contributed by atoms with Crippen LogP contribution in [-0.4, -0.2) is 60.0 Å². The Balaban J connectivity index is 1.21. The lowest BCUT2D eigenvalue weighted by Crippen LogP contribution is -2.49. The van der Waals surface area contributed by atoms with Gasteiger partial charge >= 0.3 is 0 Å². The predicted octanol–water partition coefficient (Wildman–Crippen LogP) is 4.08. The highest BCUT2D eigenvalue weighted by Crippen LogP contribution is 2.25. The van der Waals surface area contributed by atoms with Crippen LogP contribution in [0, 0.1) is 5.92 Å². The molecule has 5 nitrogen and oxygen atoms in total. The number of amides is 1. The van der Waals surface area contributed by atoms with Gasteiger partial charge in [-0.1, -0.05) is 35.9 Å². The third kappa shape index (κ3) is 5.52. The van der Waals surface area contributed by atoms with Gasteiger partial charge in [0, 0.05) is 56.9 Å². The molecule has 0 spiro atoms. The van der Waals surface area contributed by atoms with Gasteiger partial charge in [0.1, 0.15) is 5.82 Å². The van der Waals surface area contributed by atoms with Crippen molar-refractivity contribution < 1.29 is 4.79 Å². The van der Waals surface area contributed by atoms with E-state index in [-0.39, 0.29) is 0 Å². The summed E-state index contributed by atoms with van der Waals surface area (Å²) in [6.45, 7) is 6.38. The number of pyridine rings is 1. The summed E-state index contributed by atoms with van der Waals surface area (Å²) in [4.78, 5) is 24.0. The van der Waals surface area contributed by atoms with Gasteiger partial charge in [0.15, 0.2) is 0 Å². The minimum absolute atomic E-state index is 0.305. The van der Waals surface area contributed by atoms with Gasteiger partial charge < -0.3 is 9.80 Å². The zero-order chi connectivity index (χ0) is 20.8. The molecule has 0 radical (unpaired) electrons. The number of halogens is 1. The summed E-state index contributed by atoms with van der Waals surface area (Å²) in [7, 11) is 0. The number of anilines is 1. The van der Waals surface area contributed by atoms with Crippen LogP contribution in [0.25, 0.3) is 0 Å². The summed E-state index contributed by atoms with van der Waals surface area (Å²) >= 11 is 6.33. The van der Waals surface area contributed by atoms with Gasteiger partial charge in [-0.25, -0.2) is 4.98 Å². The number of piperazine rings is 1. The van der Waals surface area contributed by atoms with Gasteiger partial charge in [-0.05, 0) is 55.5 Å². The van der Waals surface area contributed by atoms with Crippen LogP contribution < -0.4 is 4.90 Å². The molecule has 30 heavy (non-hydrogen) atoms. The number of carbonyl (C=O) groups excluding carboxylic acids is 1. The van der Waals surface area contributed by atoms with Crippen LogP contribution in [-0.2, 0) is 11.3 Å². The first-order valence-corrected chi connectivity index (χ1v) is 11.5. The topological polar surface area (TPSA) is 39.7 Å². The molecule has 4 rings (SSSR count). The van der Waals surface area contributed by atoms with E-state index in [0.717, 1.165) is 63.1 Å². The van der Waals surface area contributed by atoms with E-state index in [2.05, 4.69) is 26.9 Å².